The molecule has 0 unspecified atom stereocenters. The van der Waals surface area contributed by atoms with E-state index in [-0.39, 0.29) is 23.7 Å². The summed E-state index contributed by atoms with van der Waals surface area (Å²) >= 11 is 0. The fourth-order valence-electron chi connectivity index (χ4n) is 2.19. The first-order chi connectivity index (χ1) is 11.4. The van der Waals surface area contributed by atoms with E-state index >= 15 is 0 Å². The predicted molar refractivity (Wildman–Crippen MR) is 91.5 cm³/mol. The molecule has 2 aromatic rings. The van der Waals surface area contributed by atoms with Gasteiger partial charge in [-0.05, 0) is 36.8 Å². The van der Waals surface area contributed by atoms with Gasteiger partial charge in [-0.1, -0.05) is 13.0 Å². The van der Waals surface area contributed by atoms with E-state index in [1.807, 2.05) is 13.8 Å². The minimum absolute atomic E-state index is 0.0543. The number of carbonyl (C=O) groups excluding carboxylic acids is 1. The van der Waals surface area contributed by atoms with E-state index < -0.39 is 15.9 Å². The summed E-state index contributed by atoms with van der Waals surface area (Å²) in [6.45, 7) is 4.16. The monoisotopic (exact) mass is 351 g/mol. The molecule has 1 aromatic heterocycles. The van der Waals surface area contributed by atoms with E-state index in [0.717, 1.165) is 11.3 Å². The van der Waals surface area contributed by atoms with Crippen LogP contribution in [0, 0.1) is 6.92 Å². The zero-order valence-electron chi connectivity index (χ0n) is 13.6. The van der Waals surface area contributed by atoms with Crippen LogP contribution in [0.25, 0.3) is 0 Å². The van der Waals surface area contributed by atoms with Crippen LogP contribution in [-0.4, -0.2) is 27.4 Å². The summed E-state index contributed by atoms with van der Waals surface area (Å²) in [5.41, 5.74) is 6.58. The van der Waals surface area contributed by atoms with Gasteiger partial charge in [0.05, 0.1) is 4.90 Å². The molecule has 0 spiro atoms. The van der Waals surface area contributed by atoms with Crippen LogP contribution < -0.4 is 15.8 Å². The van der Waals surface area contributed by atoms with Gasteiger partial charge in [0.2, 0.25) is 10.0 Å². The molecule has 8 heteroatoms. The second kappa shape index (κ2) is 7.61. The van der Waals surface area contributed by atoms with E-state index in [1.165, 1.54) is 12.1 Å². The van der Waals surface area contributed by atoms with Crippen LogP contribution in [0.3, 0.4) is 0 Å². The molecule has 7 nitrogen and oxygen atoms in total. The highest BCUT2D eigenvalue weighted by Gasteiger charge is 2.16. The molecule has 0 fully saturated rings. The quantitative estimate of drug-likeness (QED) is 0.701. The molecule has 0 saturated carbocycles. The number of amides is 1. The minimum Gasteiger partial charge on any atom is -0.456 e. The molecule has 0 aliphatic heterocycles. The zero-order valence-corrected chi connectivity index (χ0v) is 14.4. The molecule has 0 bridgehead atoms. The maximum atomic E-state index is 12.2. The molecule has 4 N–H and O–H groups in total. The average Bonchev–Trinajstić information content (AvgIpc) is 2.94. The number of nitrogens with one attached hydrogen (secondary N) is 2. The minimum atomic E-state index is -3.66. The Morgan fingerprint density at radius 2 is 2.04 bits per heavy atom. The lowest BCUT2D eigenvalue weighted by Crippen LogP contribution is -2.29. The van der Waals surface area contributed by atoms with Crippen molar-refractivity contribution in [2.24, 2.45) is 5.73 Å². The molecule has 1 heterocycles. The lowest BCUT2D eigenvalue weighted by molar-refractivity contribution is 0.0995. The van der Waals surface area contributed by atoms with Crippen molar-refractivity contribution in [2.45, 2.75) is 25.2 Å². The molecule has 0 aliphatic rings. The third kappa shape index (κ3) is 4.22. The zero-order chi connectivity index (χ0) is 17.7. The Morgan fingerprint density at radius 1 is 1.29 bits per heavy atom. The summed E-state index contributed by atoms with van der Waals surface area (Å²) in [5, 5.41) is 2.64. The smallest absolute Gasteiger partial charge is 0.291 e. The van der Waals surface area contributed by atoms with Crippen molar-refractivity contribution < 1.29 is 17.6 Å². The largest absolute Gasteiger partial charge is 0.456 e. The van der Waals surface area contributed by atoms with E-state index in [4.69, 9.17) is 10.2 Å². The maximum Gasteiger partial charge on any atom is 0.291 e. The number of carbonyl (C=O) groups is 1. The Kier molecular flexibility index (Phi) is 5.76. The van der Waals surface area contributed by atoms with Crippen molar-refractivity contribution in [2.75, 3.05) is 18.4 Å². The van der Waals surface area contributed by atoms with Crippen LogP contribution in [0.4, 0.5) is 5.69 Å². The Balaban J connectivity index is 2.18. The summed E-state index contributed by atoms with van der Waals surface area (Å²) < 4.78 is 32.0. The van der Waals surface area contributed by atoms with Gasteiger partial charge in [0, 0.05) is 25.2 Å². The average molecular weight is 351 g/mol. The fraction of sp³-hybridized carbons (Fsp3) is 0.312. The standard InChI is InChI=1S/C16H21N3O4S/c1-3-14-11(2)9-15(23-14)16(20)19-12-5-4-6-13(10-12)24(21,22)18-8-7-17/h4-6,9-10,18H,3,7-8,17H2,1-2H3,(H,19,20). The van der Waals surface area contributed by atoms with Crippen LogP contribution in [0.2, 0.25) is 0 Å². The highest BCUT2D eigenvalue weighted by Crippen LogP contribution is 2.19. The normalized spacial score (nSPS) is 11.5. The molecule has 0 radical (unpaired) electrons. The van der Waals surface area contributed by atoms with E-state index in [0.29, 0.717) is 12.1 Å². The van der Waals surface area contributed by atoms with Gasteiger partial charge >= 0.3 is 0 Å². The molecule has 24 heavy (non-hydrogen) atoms. The number of furan rings is 1. The number of benzene rings is 1. The first-order valence-corrected chi connectivity index (χ1v) is 9.06. The Labute approximate surface area is 141 Å². The third-order valence-electron chi connectivity index (χ3n) is 3.40. The molecule has 0 atom stereocenters. The molecule has 2 rings (SSSR count). The molecular weight excluding hydrogens is 330 g/mol. The summed E-state index contributed by atoms with van der Waals surface area (Å²) in [6, 6.07) is 7.65. The number of hydrogen-bond acceptors (Lipinski definition) is 5. The van der Waals surface area contributed by atoms with E-state index in [9.17, 15) is 13.2 Å². The van der Waals surface area contributed by atoms with Crippen molar-refractivity contribution in [3.05, 3.63) is 47.4 Å². The van der Waals surface area contributed by atoms with Crippen molar-refractivity contribution >= 4 is 21.6 Å². The summed E-state index contributed by atoms with van der Waals surface area (Å²) in [5.74, 6) is 0.517. The second-order valence-electron chi connectivity index (χ2n) is 5.24. The van der Waals surface area contributed by atoms with Gasteiger partial charge in [-0.25, -0.2) is 13.1 Å². The summed E-state index contributed by atoms with van der Waals surface area (Å²) in [4.78, 5) is 12.3. The number of aryl methyl sites for hydroxylation is 2. The van der Waals surface area contributed by atoms with Gasteiger partial charge in [0.1, 0.15) is 5.76 Å². The summed E-state index contributed by atoms with van der Waals surface area (Å²) in [7, 11) is -3.66. The van der Waals surface area contributed by atoms with Crippen molar-refractivity contribution in [3.8, 4) is 0 Å². The lowest BCUT2D eigenvalue weighted by atomic mass is 10.2. The second-order valence-corrected chi connectivity index (χ2v) is 7.01. The molecular formula is C16H21N3O4S. The SMILES string of the molecule is CCc1oc(C(=O)Nc2cccc(S(=O)(=O)NCCN)c2)cc1C. The fourth-order valence-corrected chi connectivity index (χ4v) is 3.29. The van der Waals surface area contributed by atoms with E-state index in [2.05, 4.69) is 10.0 Å². The van der Waals surface area contributed by atoms with Gasteiger partial charge in [-0.2, -0.15) is 0 Å². The van der Waals surface area contributed by atoms with Crippen LogP contribution in [0.5, 0.6) is 0 Å². The topological polar surface area (TPSA) is 114 Å². The summed E-state index contributed by atoms with van der Waals surface area (Å²) in [6.07, 6.45) is 0.694. The Hall–Kier alpha value is -2.16. The molecule has 0 aliphatic carbocycles. The number of nitrogens with two attached hydrogens (primary N) is 1. The van der Waals surface area contributed by atoms with Crippen molar-refractivity contribution in [3.63, 3.8) is 0 Å². The van der Waals surface area contributed by atoms with Crippen molar-refractivity contribution in [1.29, 1.82) is 0 Å². The molecule has 1 aromatic carbocycles. The Morgan fingerprint density at radius 3 is 2.67 bits per heavy atom. The lowest BCUT2D eigenvalue weighted by Gasteiger charge is -2.08. The van der Waals surface area contributed by atoms with Crippen molar-refractivity contribution in [1.82, 2.24) is 4.72 Å². The van der Waals surface area contributed by atoms with E-state index in [1.54, 1.807) is 18.2 Å². The van der Waals surface area contributed by atoms with Gasteiger partial charge in [-0.15, -0.1) is 0 Å². The van der Waals surface area contributed by atoms with Gasteiger partial charge < -0.3 is 15.5 Å². The number of hydrogen-bond donors (Lipinski definition) is 3. The number of rotatable bonds is 7. The highest BCUT2D eigenvalue weighted by atomic mass is 32.2. The van der Waals surface area contributed by atoms with Crippen LogP contribution in [0.15, 0.2) is 39.6 Å². The first kappa shape index (κ1) is 18.2. The highest BCUT2D eigenvalue weighted by molar-refractivity contribution is 7.89. The number of anilines is 1. The van der Waals surface area contributed by atoms with Crippen LogP contribution >= 0.6 is 0 Å². The van der Waals surface area contributed by atoms with Gasteiger partial charge in [-0.3, -0.25) is 4.79 Å². The van der Waals surface area contributed by atoms with Crippen LogP contribution in [0.1, 0.15) is 28.8 Å². The van der Waals surface area contributed by atoms with Crippen LogP contribution in [-0.2, 0) is 16.4 Å². The molecule has 1 amide bonds. The third-order valence-corrected chi connectivity index (χ3v) is 4.86. The maximum absolute atomic E-state index is 12.2. The first-order valence-electron chi connectivity index (χ1n) is 7.58. The Bertz CT molecular complexity index is 828. The van der Waals surface area contributed by atoms with Gasteiger partial charge in [0.15, 0.2) is 5.76 Å². The predicted octanol–water partition coefficient (Wildman–Crippen LogP) is 1.64. The van der Waals surface area contributed by atoms with Gasteiger partial charge in [0.25, 0.3) is 5.91 Å². The number of sulfonamides is 1. The molecule has 130 valence electrons. The molecule has 0 saturated heterocycles.